The molecule has 1 saturated heterocycles. The zero-order valence-electron chi connectivity index (χ0n) is 13.6. The molecule has 1 aliphatic rings. The van der Waals surface area contributed by atoms with E-state index in [2.05, 4.69) is 5.32 Å². The van der Waals surface area contributed by atoms with E-state index in [4.69, 9.17) is 4.42 Å². The second-order valence-electron chi connectivity index (χ2n) is 6.05. The smallest absolute Gasteiger partial charge is 0.317 e. The number of likely N-dealkylation sites (tertiary alicyclic amines) is 1. The molecular weight excluding hydrogens is 304 g/mol. The maximum absolute atomic E-state index is 12.5. The number of carbonyl (C=O) groups excluding carboxylic acids is 2. The van der Waals surface area contributed by atoms with Crippen molar-refractivity contribution in [3.63, 3.8) is 0 Å². The maximum Gasteiger partial charge on any atom is 0.317 e. The number of rotatable bonds is 5. The predicted molar refractivity (Wildman–Crippen MR) is 90.9 cm³/mol. The molecule has 1 fully saturated rings. The van der Waals surface area contributed by atoms with Gasteiger partial charge in [-0.1, -0.05) is 30.3 Å². The van der Waals surface area contributed by atoms with Gasteiger partial charge in [0.15, 0.2) is 5.78 Å². The minimum Gasteiger partial charge on any atom is -0.469 e. The quantitative estimate of drug-likeness (QED) is 0.859. The van der Waals surface area contributed by atoms with Crippen molar-refractivity contribution in [2.24, 2.45) is 5.92 Å². The molecule has 2 amide bonds. The summed E-state index contributed by atoms with van der Waals surface area (Å²) in [5, 5.41) is 2.91. The van der Waals surface area contributed by atoms with Crippen LogP contribution in [0.4, 0.5) is 4.79 Å². The summed E-state index contributed by atoms with van der Waals surface area (Å²) in [4.78, 5) is 26.4. The number of hydrogen-bond acceptors (Lipinski definition) is 3. The number of amides is 2. The van der Waals surface area contributed by atoms with Crippen LogP contribution >= 0.6 is 0 Å². The monoisotopic (exact) mass is 326 g/mol. The van der Waals surface area contributed by atoms with Crippen LogP contribution in [0.2, 0.25) is 0 Å². The Morgan fingerprint density at radius 1 is 1.08 bits per heavy atom. The second-order valence-corrected chi connectivity index (χ2v) is 6.05. The molecule has 126 valence electrons. The highest BCUT2D eigenvalue weighted by Crippen LogP contribution is 2.21. The molecule has 0 spiro atoms. The third kappa shape index (κ3) is 4.04. The molecule has 1 N–H and O–H groups in total. The van der Waals surface area contributed by atoms with E-state index in [-0.39, 0.29) is 17.7 Å². The van der Waals surface area contributed by atoms with Gasteiger partial charge in [-0.15, -0.1) is 0 Å². The Morgan fingerprint density at radius 3 is 2.50 bits per heavy atom. The van der Waals surface area contributed by atoms with E-state index in [1.165, 1.54) is 0 Å². The van der Waals surface area contributed by atoms with Crippen LogP contribution in [0, 0.1) is 5.92 Å². The molecular formula is C19H22N2O3. The lowest BCUT2D eigenvalue weighted by molar-refractivity contribution is 0.0854. The Kier molecular flexibility index (Phi) is 5.31. The van der Waals surface area contributed by atoms with Gasteiger partial charge in [-0.2, -0.15) is 0 Å². The molecule has 24 heavy (non-hydrogen) atoms. The summed E-state index contributed by atoms with van der Waals surface area (Å²) >= 11 is 0. The molecule has 2 heterocycles. The van der Waals surface area contributed by atoms with E-state index in [0.717, 1.165) is 24.2 Å². The maximum atomic E-state index is 12.5. The van der Waals surface area contributed by atoms with Gasteiger partial charge in [0.1, 0.15) is 5.76 Å². The lowest BCUT2D eigenvalue weighted by atomic mass is 9.89. The van der Waals surface area contributed by atoms with Crippen molar-refractivity contribution >= 4 is 11.8 Å². The van der Waals surface area contributed by atoms with Crippen molar-refractivity contribution in [3.05, 3.63) is 60.1 Å². The first-order valence-corrected chi connectivity index (χ1v) is 8.38. The average Bonchev–Trinajstić information content (AvgIpc) is 3.15. The van der Waals surface area contributed by atoms with Crippen molar-refractivity contribution in [2.75, 3.05) is 19.6 Å². The van der Waals surface area contributed by atoms with Gasteiger partial charge in [0, 0.05) is 37.5 Å². The highest BCUT2D eigenvalue weighted by Gasteiger charge is 2.27. The standard InChI is InChI=1S/C19H22N2O3/c22-18(15-5-2-1-3-6-15)16-9-12-21(13-10-16)19(23)20-11-8-17-7-4-14-24-17/h1-7,14,16H,8-13H2,(H,20,23). The fourth-order valence-electron chi connectivity index (χ4n) is 3.04. The van der Waals surface area contributed by atoms with Crippen LogP contribution in [0.25, 0.3) is 0 Å². The Bertz CT molecular complexity index is 659. The van der Waals surface area contributed by atoms with E-state index in [0.29, 0.717) is 26.1 Å². The van der Waals surface area contributed by atoms with Gasteiger partial charge in [0.2, 0.25) is 0 Å². The van der Waals surface area contributed by atoms with Gasteiger partial charge < -0.3 is 14.6 Å². The fourth-order valence-corrected chi connectivity index (χ4v) is 3.04. The summed E-state index contributed by atoms with van der Waals surface area (Å²) in [7, 11) is 0. The van der Waals surface area contributed by atoms with Gasteiger partial charge in [-0.3, -0.25) is 4.79 Å². The molecule has 0 aliphatic carbocycles. The van der Waals surface area contributed by atoms with Crippen LogP contribution < -0.4 is 5.32 Å². The van der Waals surface area contributed by atoms with E-state index in [1.807, 2.05) is 42.5 Å². The summed E-state index contributed by atoms with van der Waals surface area (Å²) in [6.07, 6.45) is 3.76. The van der Waals surface area contributed by atoms with E-state index < -0.39 is 0 Å². The third-order valence-electron chi connectivity index (χ3n) is 4.44. The zero-order chi connectivity index (χ0) is 16.8. The van der Waals surface area contributed by atoms with Crippen molar-refractivity contribution in [3.8, 4) is 0 Å². The minimum absolute atomic E-state index is 0.0135. The largest absolute Gasteiger partial charge is 0.469 e. The highest BCUT2D eigenvalue weighted by atomic mass is 16.3. The molecule has 1 aromatic carbocycles. The molecule has 1 aromatic heterocycles. The Hall–Kier alpha value is -2.56. The predicted octanol–water partition coefficient (Wildman–Crippen LogP) is 3.13. The normalized spacial score (nSPS) is 15.2. The van der Waals surface area contributed by atoms with E-state index >= 15 is 0 Å². The number of nitrogens with zero attached hydrogens (tertiary/aromatic N) is 1. The van der Waals surface area contributed by atoms with Crippen LogP contribution in [0.1, 0.15) is 29.0 Å². The van der Waals surface area contributed by atoms with E-state index in [9.17, 15) is 9.59 Å². The van der Waals surface area contributed by atoms with Crippen LogP contribution in [-0.4, -0.2) is 36.3 Å². The summed E-state index contributed by atoms with van der Waals surface area (Å²) in [6.45, 7) is 1.79. The molecule has 0 atom stereocenters. The Balaban J connectivity index is 1.43. The first kappa shape index (κ1) is 16.3. The number of carbonyl (C=O) groups is 2. The number of Topliss-reactive ketones (excluding diaryl/α,β-unsaturated/α-hetero) is 1. The summed E-state index contributed by atoms with van der Waals surface area (Å²) in [5.41, 5.74) is 0.763. The van der Waals surface area contributed by atoms with E-state index in [1.54, 1.807) is 11.2 Å². The third-order valence-corrected chi connectivity index (χ3v) is 4.44. The van der Waals surface area contributed by atoms with Gasteiger partial charge in [-0.05, 0) is 25.0 Å². The second kappa shape index (κ2) is 7.81. The molecule has 3 rings (SSSR count). The van der Waals surface area contributed by atoms with Crippen molar-refractivity contribution in [1.29, 1.82) is 0 Å². The molecule has 5 heteroatoms. The van der Waals surface area contributed by atoms with Crippen LogP contribution in [-0.2, 0) is 6.42 Å². The van der Waals surface area contributed by atoms with Gasteiger partial charge in [-0.25, -0.2) is 4.79 Å². The minimum atomic E-state index is -0.0628. The van der Waals surface area contributed by atoms with Crippen molar-refractivity contribution in [2.45, 2.75) is 19.3 Å². The number of ketones is 1. The molecule has 0 unspecified atom stereocenters. The number of furan rings is 1. The van der Waals surface area contributed by atoms with Gasteiger partial charge in [0.05, 0.1) is 6.26 Å². The molecule has 2 aromatic rings. The Labute approximate surface area is 141 Å². The van der Waals surface area contributed by atoms with Crippen LogP contribution in [0.15, 0.2) is 53.1 Å². The fraction of sp³-hybridized carbons (Fsp3) is 0.368. The molecule has 5 nitrogen and oxygen atoms in total. The molecule has 1 aliphatic heterocycles. The topological polar surface area (TPSA) is 62.6 Å². The van der Waals surface area contributed by atoms with Crippen LogP contribution in [0.3, 0.4) is 0 Å². The summed E-state index contributed by atoms with van der Waals surface area (Å²) < 4.78 is 5.24. The summed E-state index contributed by atoms with van der Waals surface area (Å²) in [5.74, 6) is 1.07. The van der Waals surface area contributed by atoms with Gasteiger partial charge >= 0.3 is 6.03 Å². The number of nitrogens with one attached hydrogen (secondary N) is 1. The number of urea groups is 1. The van der Waals surface area contributed by atoms with Crippen molar-refractivity contribution in [1.82, 2.24) is 10.2 Å². The number of hydrogen-bond donors (Lipinski definition) is 1. The summed E-state index contributed by atoms with van der Waals surface area (Å²) in [6, 6.07) is 13.1. The molecule has 0 radical (unpaired) electrons. The number of benzene rings is 1. The number of piperidine rings is 1. The Morgan fingerprint density at radius 2 is 1.83 bits per heavy atom. The lowest BCUT2D eigenvalue weighted by Gasteiger charge is -2.31. The highest BCUT2D eigenvalue weighted by molar-refractivity contribution is 5.97. The molecule has 0 bridgehead atoms. The first-order chi connectivity index (χ1) is 11.7. The SMILES string of the molecule is O=C(c1ccccc1)C1CCN(C(=O)NCCc2ccco2)CC1. The van der Waals surface area contributed by atoms with Crippen LogP contribution in [0.5, 0.6) is 0 Å². The zero-order valence-corrected chi connectivity index (χ0v) is 13.6. The van der Waals surface area contributed by atoms with Gasteiger partial charge in [0.25, 0.3) is 0 Å². The van der Waals surface area contributed by atoms with Crippen molar-refractivity contribution < 1.29 is 14.0 Å². The lowest BCUT2D eigenvalue weighted by Crippen LogP contribution is -2.45. The molecule has 0 saturated carbocycles. The first-order valence-electron chi connectivity index (χ1n) is 8.38. The average molecular weight is 326 g/mol.